The number of benzene rings is 1. The normalized spacial score (nSPS) is 18.0. The van der Waals surface area contributed by atoms with Crippen molar-refractivity contribution in [3.8, 4) is 0 Å². The molecule has 1 aliphatic heterocycles. The van der Waals surface area contributed by atoms with Crippen LogP contribution in [0.2, 0.25) is 0 Å². The zero-order valence-electron chi connectivity index (χ0n) is 15.0. The van der Waals surface area contributed by atoms with E-state index < -0.39 is 0 Å². The Morgan fingerprint density at radius 2 is 1.88 bits per heavy atom. The highest BCUT2D eigenvalue weighted by Gasteiger charge is 2.24. The summed E-state index contributed by atoms with van der Waals surface area (Å²) >= 11 is 0. The maximum Gasteiger partial charge on any atom is 0.306 e. The Labute approximate surface area is 153 Å². The average molecular weight is 358 g/mol. The molecule has 1 N–H and O–H groups in total. The SMILES string of the molecule is O=C(COC(=O)CC1CCCCC1)Nc1ccccc1N1CCCC1=O. The van der Waals surface area contributed by atoms with Gasteiger partial charge in [-0.1, -0.05) is 31.4 Å². The van der Waals surface area contributed by atoms with E-state index in [2.05, 4.69) is 5.32 Å². The summed E-state index contributed by atoms with van der Waals surface area (Å²) in [6.45, 7) is 0.357. The zero-order chi connectivity index (χ0) is 18.4. The van der Waals surface area contributed by atoms with E-state index in [0.29, 0.717) is 36.7 Å². The van der Waals surface area contributed by atoms with E-state index in [0.717, 1.165) is 19.3 Å². The summed E-state index contributed by atoms with van der Waals surface area (Å²) in [7, 11) is 0. The van der Waals surface area contributed by atoms with E-state index in [1.807, 2.05) is 12.1 Å². The first-order valence-electron chi connectivity index (χ1n) is 9.48. The molecule has 0 aromatic heterocycles. The van der Waals surface area contributed by atoms with Crippen molar-refractivity contribution >= 4 is 29.2 Å². The number of hydrogen-bond donors (Lipinski definition) is 1. The van der Waals surface area contributed by atoms with Gasteiger partial charge < -0.3 is 15.0 Å². The molecule has 1 aromatic rings. The van der Waals surface area contributed by atoms with Gasteiger partial charge >= 0.3 is 5.97 Å². The fourth-order valence-electron chi connectivity index (χ4n) is 3.74. The number of carbonyl (C=O) groups is 3. The summed E-state index contributed by atoms with van der Waals surface area (Å²) in [6.07, 6.45) is 7.46. The molecular weight excluding hydrogens is 332 g/mol. The molecule has 0 radical (unpaired) electrons. The van der Waals surface area contributed by atoms with Crippen molar-refractivity contribution in [3.05, 3.63) is 24.3 Å². The van der Waals surface area contributed by atoms with Crippen LogP contribution in [0.5, 0.6) is 0 Å². The molecule has 2 fully saturated rings. The highest BCUT2D eigenvalue weighted by molar-refractivity contribution is 6.02. The minimum atomic E-state index is -0.388. The second-order valence-electron chi connectivity index (χ2n) is 7.08. The highest BCUT2D eigenvalue weighted by atomic mass is 16.5. The summed E-state index contributed by atoms with van der Waals surface area (Å²) in [5.41, 5.74) is 1.26. The second-order valence-corrected chi connectivity index (χ2v) is 7.08. The third-order valence-corrected chi connectivity index (χ3v) is 5.09. The lowest BCUT2D eigenvalue weighted by Crippen LogP contribution is -2.27. The zero-order valence-corrected chi connectivity index (χ0v) is 15.0. The minimum Gasteiger partial charge on any atom is -0.456 e. The average Bonchev–Trinajstić information content (AvgIpc) is 3.07. The number of nitrogens with one attached hydrogen (secondary N) is 1. The number of para-hydroxylation sites is 2. The molecule has 1 saturated carbocycles. The van der Waals surface area contributed by atoms with Crippen molar-refractivity contribution in [2.24, 2.45) is 5.92 Å². The summed E-state index contributed by atoms with van der Waals surface area (Å²) in [6, 6.07) is 7.20. The first-order chi connectivity index (χ1) is 12.6. The van der Waals surface area contributed by atoms with Crippen molar-refractivity contribution in [1.29, 1.82) is 0 Å². The second kappa shape index (κ2) is 8.83. The van der Waals surface area contributed by atoms with Crippen LogP contribution in [-0.2, 0) is 19.1 Å². The Morgan fingerprint density at radius 1 is 1.12 bits per heavy atom. The maximum absolute atomic E-state index is 12.2. The van der Waals surface area contributed by atoms with Crippen molar-refractivity contribution in [2.75, 3.05) is 23.4 Å². The molecule has 3 rings (SSSR count). The van der Waals surface area contributed by atoms with Crippen LogP contribution in [0.15, 0.2) is 24.3 Å². The van der Waals surface area contributed by atoms with Crippen LogP contribution in [0.3, 0.4) is 0 Å². The van der Waals surface area contributed by atoms with Gasteiger partial charge in [0.25, 0.3) is 5.91 Å². The lowest BCUT2D eigenvalue weighted by atomic mass is 9.87. The van der Waals surface area contributed by atoms with Gasteiger partial charge in [-0.3, -0.25) is 14.4 Å². The fraction of sp³-hybridized carbons (Fsp3) is 0.550. The predicted molar refractivity (Wildman–Crippen MR) is 98.8 cm³/mol. The summed E-state index contributed by atoms with van der Waals surface area (Å²) in [5.74, 6) is -0.247. The van der Waals surface area contributed by atoms with Gasteiger partial charge in [0.05, 0.1) is 11.4 Å². The molecule has 1 saturated heterocycles. The Balaban J connectivity index is 1.50. The van der Waals surface area contributed by atoms with Crippen LogP contribution in [0.4, 0.5) is 11.4 Å². The molecule has 140 valence electrons. The summed E-state index contributed by atoms with van der Waals surface area (Å²) in [4.78, 5) is 37.7. The van der Waals surface area contributed by atoms with Crippen LogP contribution in [0.1, 0.15) is 51.4 Å². The molecule has 2 amide bonds. The quantitative estimate of drug-likeness (QED) is 0.792. The molecule has 1 heterocycles. The molecule has 0 spiro atoms. The Bertz CT molecular complexity index is 668. The Morgan fingerprint density at radius 3 is 2.62 bits per heavy atom. The maximum atomic E-state index is 12.2. The number of rotatable bonds is 6. The molecule has 1 aliphatic carbocycles. The first kappa shape index (κ1) is 18.4. The lowest BCUT2D eigenvalue weighted by Gasteiger charge is -2.21. The van der Waals surface area contributed by atoms with E-state index in [1.165, 1.54) is 19.3 Å². The monoisotopic (exact) mass is 358 g/mol. The van der Waals surface area contributed by atoms with E-state index in [4.69, 9.17) is 4.74 Å². The molecule has 0 atom stereocenters. The Hall–Kier alpha value is -2.37. The smallest absolute Gasteiger partial charge is 0.306 e. The van der Waals surface area contributed by atoms with Crippen molar-refractivity contribution < 1.29 is 19.1 Å². The number of hydrogen-bond acceptors (Lipinski definition) is 4. The fourth-order valence-corrected chi connectivity index (χ4v) is 3.74. The molecule has 1 aromatic carbocycles. The molecule has 0 unspecified atom stereocenters. The van der Waals surface area contributed by atoms with Crippen LogP contribution >= 0.6 is 0 Å². The lowest BCUT2D eigenvalue weighted by molar-refractivity contribution is -0.148. The molecule has 6 nitrogen and oxygen atoms in total. The van der Waals surface area contributed by atoms with Crippen LogP contribution < -0.4 is 10.2 Å². The number of ether oxygens (including phenoxy) is 1. The number of anilines is 2. The highest BCUT2D eigenvalue weighted by Crippen LogP contribution is 2.29. The van der Waals surface area contributed by atoms with Gasteiger partial charge in [-0.15, -0.1) is 0 Å². The van der Waals surface area contributed by atoms with Crippen molar-refractivity contribution in [2.45, 2.75) is 51.4 Å². The van der Waals surface area contributed by atoms with E-state index in [9.17, 15) is 14.4 Å². The van der Waals surface area contributed by atoms with Crippen molar-refractivity contribution in [3.63, 3.8) is 0 Å². The van der Waals surface area contributed by atoms with Gasteiger partial charge in [-0.25, -0.2) is 0 Å². The minimum absolute atomic E-state index is 0.0607. The third-order valence-electron chi connectivity index (χ3n) is 5.09. The summed E-state index contributed by atoms with van der Waals surface area (Å²) < 4.78 is 5.13. The molecule has 6 heteroatoms. The molecule has 0 bridgehead atoms. The predicted octanol–water partition coefficient (Wildman–Crippen LogP) is 3.27. The van der Waals surface area contributed by atoms with Gasteiger partial charge in [0.2, 0.25) is 5.91 Å². The molecular formula is C20H26N2O4. The Kier molecular flexibility index (Phi) is 6.26. The summed E-state index contributed by atoms with van der Waals surface area (Å²) in [5, 5.41) is 2.76. The van der Waals surface area contributed by atoms with Crippen LogP contribution in [0, 0.1) is 5.92 Å². The van der Waals surface area contributed by atoms with Crippen LogP contribution in [-0.4, -0.2) is 30.9 Å². The van der Waals surface area contributed by atoms with Gasteiger partial charge in [0.15, 0.2) is 6.61 Å². The number of nitrogens with zero attached hydrogens (tertiary/aromatic N) is 1. The van der Waals surface area contributed by atoms with E-state index in [-0.39, 0.29) is 24.4 Å². The van der Waals surface area contributed by atoms with Gasteiger partial charge in [-0.05, 0) is 37.3 Å². The topological polar surface area (TPSA) is 75.7 Å². The standard InChI is InChI=1S/C20H26N2O4/c23-18(14-26-20(25)13-15-7-2-1-3-8-15)21-16-9-4-5-10-17(16)22-12-6-11-19(22)24/h4-5,9-10,15H,1-3,6-8,11-14H2,(H,21,23). The number of carbonyl (C=O) groups excluding carboxylic acids is 3. The van der Waals surface area contributed by atoms with E-state index in [1.54, 1.807) is 17.0 Å². The first-order valence-corrected chi connectivity index (χ1v) is 9.48. The van der Waals surface area contributed by atoms with Gasteiger partial charge in [-0.2, -0.15) is 0 Å². The van der Waals surface area contributed by atoms with Crippen LogP contribution in [0.25, 0.3) is 0 Å². The molecule has 26 heavy (non-hydrogen) atoms. The number of amides is 2. The van der Waals surface area contributed by atoms with Gasteiger partial charge in [0, 0.05) is 19.4 Å². The van der Waals surface area contributed by atoms with Crippen molar-refractivity contribution in [1.82, 2.24) is 0 Å². The third kappa shape index (κ3) is 4.84. The van der Waals surface area contributed by atoms with E-state index >= 15 is 0 Å². The number of esters is 1. The largest absolute Gasteiger partial charge is 0.456 e. The molecule has 2 aliphatic rings. The van der Waals surface area contributed by atoms with Gasteiger partial charge in [0.1, 0.15) is 0 Å².